The van der Waals surface area contributed by atoms with E-state index < -0.39 is 5.97 Å². The highest BCUT2D eigenvalue weighted by Crippen LogP contribution is 2.47. The van der Waals surface area contributed by atoms with Crippen molar-refractivity contribution in [3.05, 3.63) is 23.4 Å². The Morgan fingerprint density at radius 2 is 1.75 bits per heavy atom. The molecule has 0 aromatic heterocycles. The molecule has 6 nitrogen and oxygen atoms in total. The molecule has 20 heavy (non-hydrogen) atoms. The van der Waals surface area contributed by atoms with Crippen LogP contribution in [0.3, 0.4) is 0 Å². The number of carbonyl (C=O) groups excluding carboxylic acids is 1. The lowest BCUT2D eigenvalue weighted by Crippen LogP contribution is -2.03. The van der Waals surface area contributed by atoms with Crippen molar-refractivity contribution in [3.63, 3.8) is 0 Å². The van der Waals surface area contributed by atoms with E-state index in [2.05, 4.69) is 0 Å². The van der Waals surface area contributed by atoms with E-state index in [0.717, 1.165) is 0 Å². The van der Waals surface area contributed by atoms with Gasteiger partial charge in [-0.1, -0.05) is 0 Å². The molecule has 0 saturated carbocycles. The first-order valence-electron chi connectivity index (χ1n) is 5.97. The van der Waals surface area contributed by atoms with Gasteiger partial charge < -0.3 is 23.8 Å². The second-order valence-electron chi connectivity index (χ2n) is 4.41. The van der Waals surface area contributed by atoms with Gasteiger partial charge in [0.25, 0.3) is 0 Å². The van der Waals surface area contributed by atoms with Gasteiger partial charge in [0.2, 0.25) is 5.75 Å². The first-order valence-corrected chi connectivity index (χ1v) is 5.97. The van der Waals surface area contributed by atoms with Crippen LogP contribution in [0.4, 0.5) is 0 Å². The van der Waals surface area contributed by atoms with Crippen molar-refractivity contribution in [3.8, 4) is 17.2 Å². The molecule has 0 fully saturated rings. The number of rotatable bonds is 4. The van der Waals surface area contributed by atoms with E-state index in [1.165, 1.54) is 21.3 Å². The van der Waals surface area contributed by atoms with E-state index in [0.29, 0.717) is 34.1 Å². The molecule has 2 rings (SSSR count). The van der Waals surface area contributed by atoms with Crippen molar-refractivity contribution in [2.45, 2.75) is 0 Å². The Balaban J connectivity index is 2.74. The van der Waals surface area contributed by atoms with Crippen molar-refractivity contribution in [2.75, 3.05) is 35.4 Å². The van der Waals surface area contributed by atoms with Gasteiger partial charge in [0.05, 0.1) is 32.5 Å². The third-order valence-corrected chi connectivity index (χ3v) is 2.87. The summed E-state index contributed by atoms with van der Waals surface area (Å²) in [4.78, 5) is 13.7. The van der Waals surface area contributed by atoms with E-state index in [-0.39, 0.29) is 0 Å². The summed E-state index contributed by atoms with van der Waals surface area (Å²) in [5.74, 6) is 1.25. The molecule has 0 aliphatic carbocycles. The molecule has 0 bridgehead atoms. The minimum absolute atomic E-state index is 0.396. The van der Waals surface area contributed by atoms with Gasteiger partial charge in [0.15, 0.2) is 17.3 Å². The Kier molecular flexibility index (Phi) is 3.74. The number of cyclic esters (lactones) is 1. The average Bonchev–Trinajstić information content (AvgIpc) is 2.72. The van der Waals surface area contributed by atoms with Gasteiger partial charge in [-0.2, -0.15) is 0 Å². The Morgan fingerprint density at radius 1 is 1.10 bits per heavy atom. The normalized spacial score (nSPS) is 14.8. The monoisotopic (exact) mass is 279 g/mol. The topological polar surface area (TPSA) is 57.2 Å². The van der Waals surface area contributed by atoms with Crippen LogP contribution in [0.5, 0.6) is 17.2 Å². The standard InChI is InChI=1S/C14H17NO5/c1-15(2)7-10-11-8(14(16)20-10)6-9(17-3)12(18-4)13(11)19-5/h6-7H,1-5H3/b10-7-. The number of methoxy groups -OCH3 is 3. The van der Waals surface area contributed by atoms with Crippen molar-refractivity contribution in [1.82, 2.24) is 4.90 Å². The highest BCUT2D eigenvalue weighted by molar-refractivity contribution is 6.05. The number of hydrogen-bond acceptors (Lipinski definition) is 6. The first kappa shape index (κ1) is 14.0. The summed E-state index contributed by atoms with van der Waals surface area (Å²) in [6.45, 7) is 0. The smallest absolute Gasteiger partial charge is 0.344 e. The Hall–Kier alpha value is -2.37. The Morgan fingerprint density at radius 3 is 2.25 bits per heavy atom. The van der Waals surface area contributed by atoms with Gasteiger partial charge in [-0.25, -0.2) is 4.79 Å². The maximum Gasteiger partial charge on any atom is 0.344 e. The number of benzene rings is 1. The molecule has 1 aliphatic rings. The fourth-order valence-electron chi connectivity index (χ4n) is 2.09. The molecule has 108 valence electrons. The lowest BCUT2D eigenvalue weighted by molar-refractivity contribution is 0.0713. The number of hydrogen-bond donors (Lipinski definition) is 0. The van der Waals surface area contributed by atoms with Crippen LogP contribution in [-0.2, 0) is 4.74 Å². The van der Waals surface area contributed by atoms with E-state index in [9.17, 15) is 4.79 Å². The third-order valence-electron chi connectivity index (χ3n) is 2.87. The molecule has 0 spiro atoms. The van der Waals surface area contributed by atoms with Gasteiger partial charge in [0, 0.05) is 20.3 Å². The van der Waals surface area contributed by atoms with Gasteiger partial charge >= 0.3 is 5.97 Å². The minimum Gasteiger partial charge on any atom is -0.493 e. The molecule has 0 saturated heterocycles. The fraction of sp³-hybridized carbons (Fsp3) is 0.357. The number of fused-ring (bicyclic) bond motifs is 1. The van der Waals surface area contributed by atoms with Crippen LogP contribution in [0.15, 0.2) is 12.3 Å². The van der Waals surface area contributed by atoms with Crippen LogP contribution in [0.25, 0.3) is 5.76 Å². The summed E-state index contributed by atoms with van der Waals surface area (Å²) in [7, 11) is 8.20. The van der Waals surface area contributed by atoms with Gasteiger partial charge in [-0.15, -0.1) is 0 Å². The van der Waals surface area contributed by atoms with Crippen molar-refractivity contribution in [2.24, 2.45) is 0 Å². The van der Waals surface area contributed by atoms with E-state index in [4.69, 9.17) is 18.9 Å². The SMILES string of the molecule is COc1cc2c(c(OC)c1OC)/C(=C/N(C)C)OC2=O. The van der Waals surface area contributed by atoms with Crippen molar-refractivity contribution in [1.29, 1.82) is 0 Å². The molecule has 0 N–H and O–H groups in total. The van der Waals surface area contributed by atoms with E-state index in [1.54, 1.807) is 17.2 Å². The fourth-order valence-corrected chi connectivity index (χ4v) is 2.09. The van der Waals surface area contributed by atoms with Crippen molar-refractivity contribution >= 4 is 11.7 Å². The lowest BCUT2D eigenvalue weighted by atomic mass is 10.1. The van der Waals surface area contributed by atoms with Crippen molar-refractivity contribution < 1.29 is 23.7 Å². The van der Waals surface area contributed by atoms with Gasteiger partial charge in [-0.3, -0.25) is 0 Å². The molecule has 1 heterocycles. The second-order valence-corrected chi connectivity index (χ2v) is 4.41. The maximum absolute atomic E-state index is 12.0. The third kappa shape index (κ3) is 2.13. The highest BCUT2D eigenvalue weighted by atomic mass is 16.6. The number of nitrogens with zero attached hydrogens (tertiary/aromatic N) is 1. The summed E-state index contributed by atoms with van der Waals surface area (Å²) in [6.07, 6.45) is 1.71. The molecule has 0 radical (unpaired) electrons. The summed E-state index contributed by atoms with van der Waals surface area (Å²) in [5.41, 5.74) is 0.969. The zero-order valence-corrected chi connectivity index (χ0v) is 12.1. The van der Waals surface area contributed by atoms with Gasteiger partial charge in [0.1, 0.15) is 0 Å². The zero-order chi connectivity index (χ0) is 14.9. The summed E-state index contributed by atoms with van der Waals surface area (Å²) >= 11 is 0. The average molecular weight is 279 g/mol. The quantitative estimate of drug-likeness (QED) is 0.783. The van der Waals surface area contributed by atoms with E-state index in [1.807, 2.05) is 14.1 Å². The molecular weight excluding hydrogens is 262 g/mol. The first-order chi connectivity index (χ1) is 9.53. The molecule has 0 atom stereocenters. The van der Waals surface area contributed by atoms with E-state index >= 15 is 0 Å². The predicted octanol–water partition coefficient (Wildman–Crippen LogP) is 1.74. The highest BCUT2D eigenvalue weighted by Gasteiger charge is 2.34. The summed E-state index contributed by atoms with van der Waals surface area (Å²) in [6, 6.07) is 1.59. The number of esters is 1. The Labute approximate surface area is 117 Å². The minimum atomic E-state index is -0.438. The van der Waals surface area contributed by atoms with Crippen LogP contribution in [0, 0.1) is 0 Å². The molecule has 0 amide bonds. The zero-order valence-electron chi connectivity index (χ0n) is 12.1. The molecule has 1 aromatic carbocycles. The molecule has 6 heteroatoms. The van der Waals surface area contributed by atoms with Crippen LogP contribution in [0.2, 0.25) is 0 Å². The van der Waals surface area contributed by atoms with Crippen LogP contribution in [0.1, 0.15) is 15.9 Å². The van der Waals surface area contributed by atoms with Crippen LogP contribution >= 0.6 is 0 Å². The lowest BCUT2D eigenvalue weighted by Gasteiger charge is -2.15. The largest absolute Gasteiger partial charge is 0.493 e. The summed E-state index contributed by atoms with van der Waals surface area (Å²) in [5, 5.41) is 0. The van der Waals surface area contributed by atoms with Gasteiger partial charge in [-0.05, 0) is 6.07 Å². The predicted molar refractivity (Wildman–Crippen MR) is 73.2 cm³/mol. The molecule has 1 aliphatic heterocycles. The summed E-state index contributed by atoms with van der Waals surface area (Å²) < 4.78 is 21.2. The maximum atomic E-state index is 12.0. The molecular formula is C14H17NO5. The second kappa shape index (κ2) is 5.32. The number of ether oxygens (including phenoxy) is 4. The number of carbonyl (C=O) groups is 1. The molecule has 0 unspecified atom stereocenters. The Bertz CT molecular complexity index is 577. The van der Waals surface area contributed by atoms with Crippen LogP contribution in [-0.4, -0.2) is 46.3 Å². The molecule has 1 aromatic rings. The van der Waals surface area contributed by atoms with Crippen LogP contribution < -0.4 is 14.2 Å².